The van der Waals surface area contributed by atoms with E-state index in [9.17, 15) is 15.0 Å². The standard InChI is InChI=1S/C12H16O5/c1-7-4-8(6-9(5-7)16-2)10(13)11(14)12(15)17-3/h4-6,10-11,13-14H,1-3H3. The van der Waals surface area contributed by atoms with Crippen LogP contribution in [0.25, 0.3) is 0 Å². The number of hydrogen-bond acceptors (Lipinski definition) is 5. The Labute approximate surface area is 99.6 Å². The van der Waals surface area contributed by atoms with E-state index in [2.05, 4.69) is 4.74 Å². The van der Waals surface area contributed by atoms with Crippen LogP contribution >= 0.6 is 0 Å². The third-order valence-corrected chi connectivity index (χ3v) is 2.39. The van der Waals surface area contributed by atoms with Crippen LogP contribution in [0.15, 0.2) is 18.2 Å². The summed E-state index contributed by atoms with van der Waals surface area (Å²) in [5.74, 6) is -0.325. The Morgan fingerprint density at radius 1 is 1.24 bits per heavy atom. The van der Waals surface area contributed by atoms with Gasteiger partial charge in [-0.25, -0.2) is 4.79 Å². The maximum Gasteiger partial charge on any atom is 0.337 e. The van der Waals surface area contributed by atoms with Crippen molar-refractivity contribution in [1.29, 1.82) is 0 Å². The van der Waals surface area contributed by atoms with Gasteiger partial charge in [0.1, 0.15) is 11.9 Å². The molecule has 2 N–H and O–H groups in total. The summed E-state index contributed by atoms with van der Waals surface area (Å²) in [7, 11) is 2.65. The van der Waals surface area contributed by atoms with E-state index in [1.165, 1.54) is 7.11 Å². The van der Waals surface area contributed by atoms with Crippen molar-refractivity contribution in [3.05, 3.63) is 29.3 Å². The Morgan fingerprint density at radius 2 is 1.88 bits per heavy atom. The lowest BCUT2D eigenvalue weighted by atomic mass is 10.0. The fraction of sp³-hybridized carbons (Fsp3) is 0.417. The van der Waals surface area contributed by atoms with Gasteiger partial charge in [-0.2, -0.15) is 0 Å². The zero-order valence-electron chi connectivity index (χ0n) is 10.0. The summed E-state index contributed by atoms with van der Waals surface area (Å²) in [4.78, 5) is 11.1. The first-order valence-corrected chi connectivity index (χ1v) is 5.09. The molecule has 0 saturated heterocycles. The van der Waals surface area contributed by atoms with Crippen LogP contribution in [-0.2, 0) is 9.53 Å². The van der Waals surface area contributed by atoms with Crippen molar-refractivity contribution >= 4 is 5.97 Å². The highest BCUT2D eigenvalue weighted by atomic mass is 16.5. The van der Waals surface area contributed by atoms with Crippen molar-refractivity contribution in [2.75, 3.05) is 14.2 Å². The maximum atomic E-state index is 11.1. The molecule has 2 atom stereocenters. The number of hydrogen-bond donors (Lipinski definition) is 2. The molecule has 2 unspecified atom stereocenters. The topological polar surface area (TPSA) is 76.0 Å². The maximum absolute atomic E-state index is 11.1. The molecule has 0 aromatic heterocycles. The molecule has 0 saturated carbocycles. The number of aliphatic hydroxyl groups is 2. The molecule has 0 aliphatic heterocycles. The third-order valence-electron chi connectivity index (χ3n) is 2.39. The van der Waals surface area contributed by atoms with Crippen LogP contribution in [0, 0.1) is 6.92 Å². The molecule has 5 nitrogen and oxygen atoms in total. The molecule has 1 aromatic rings. The average Bonchev–Trinajstić information content (AvgIpc) is 2.35. The second-order valence-electron chi connectivity index (χ2n) is 3.70. The number of aryl methyl sites for hydroxylation is 1. The largest absolute Gasteiger partial charge is 0.497 e. The Morgan fingerprint density at radius 3 is 2.41 bits per heavy atom. The molecular formula is C12H16O5. The second-order valence-corrected chi connectivity index (χ2v) is 3.70. The molecule has 0 spiro atoms. The summed E-state index contributed by atoms with van der Waals surface area (Å²) < 4.78 is 9.40. The van der Waals surface area contributed by atoms with Crippen LogP contribution < -0.4 is 4.74 Å². The minimum absolute atomic E-state index is 0.403. The van der Waals surface area contributed by atoms with Gasteiger partial charge in [0.25, 0.3) is 0 Å². The summed E-state index contributed by atoms with van der Waals surface area (Å²) in [5.41, 5.74) is 1.26. The van der Waals surface area contributed by atoms with E-state index < -0.39 is 18.2 Å². The molecule has 17 heavy (non-hydrogen) atoms. The van der Waals surface area contributed by atoms with Gasteiger partial charge in [-0.1, -0.05) is 6.07 Å². The Bertz CT molecular complexity index is 402. The van der Waals surface area contributed by atoms with E-state index >= 15 is 0 Å². The second kappa shape index (κ2) is 5.65. The minimum Gasteiger partial charge on any atom is -0.497 e. The summed E-state index contributed by atoms with van der Waals surface area (Å²) >= 11 is 0. The highest BCUT2D eigenvalue weighted by Gasteiger charge is 2.26. The van der Waals surface area contributed by atoms with Crippen LogP contribution in [-0.4, -0.2) is 36.5 Å². The first kappa shape index (κ1) is 13.5. The zero-order chi connectivity index (χ0) is 13.0. The van der Waals surface area contributed by atoms with E-state index in [1.807, 2.05) is 6.92 Å². The number of esters is 1. The van der Waals surface area contributed by atoms with Gasteiger partial charge in [0, 0.05) is 0 Å². The number of rotatable bonds is 4. The SMILES string of the molecule is COC(=O)C(O)C(O)c1cc(C)cc(OC)c1. The molecule has 5 heteroatoms. The molecule has 94 valence electrons. The zero-order valence-corrected chi connectivity index (χ0v) is 10.0. The predicted octanol–water partition coefficient (Wildman–Crippen LogP) is 0.571. The van der Waals surface area contributed by atoms with E-state index in [4.69, 9.17) is 4.74 Å². The van der Waals surface area contributed by atoms with E-state index in [0.29, 0.717) is 11.3 Å². The molecule has 0 aliphatic rings. The van der Waals surface area contributed by atoms with Gasteiger partial charge in [-0.3, -0.25) is 0 Å². The highest BCUT2D eigenvalue weighted by molar-refractivity contribution is 5.75. The van der Waals surface area contributed by atoms with Crippen LogP contribution in [0.5, 0.6) is 5.75 Å². The predicted molar refractivity (Wildman–Crippen MR) is 60.7 cm³/mol. The van der Waals surface area contributed by atoms with Crippen LogP contribution in [0.2, 0.25) is 0 Å². The summed E-state index contributed by atoms with van der Waals surface area (Å²) in [6.45, 7) is 1.82. The van der Waals surface area contributed by atoms with Crippen molar-refractivity contribution in [2.24, 2.45) is 0 Å². The van der Waals surface area contributed by atoms with Crippen molar-refractivity contribution in [2.45, 2.75) is 19.1 Å². The van der Waals surface area contributed by atoms with Crippen LogP contribution in [0.1, 0.15) is 17.2 Å². The Balaban J connectivity index is 2.99. The molecule has 0 heterocycles. The van der Waals surface area contributed by atoms with E-state index in [1.54, 1.807) is 18.2 Å². The molecule has 0 bridgehead atoms. The van der Waals surface area contributed by atoms with Crippen molar-refractivity contribution in [1.82, 2.24) is 0 Å². The van der Waals surface area contributed by atoms with Gasteiger partial charge in [-0.05, 0) is 30.2 Å². The number of methoxy groups -OCH3 is 2. The molecular weight excluding hydrogens is 224 g/mol. The monoisotopic (exact) mass is 240 g/mol. The Kier molecular flexibility index (Phi) is 4.48. The molecule has 1 aromatic carbocycles. The van der Waals surface area contributed by atoms with Crippen molar-refractivity contribution in [3.8, 4) is 5.75 Å². The third kappa shape index (κ3) is 3.18. The quantitative estimate of drug-likeness (QED) is 0.752. The van der Waals surface area contributed by atoms with Gasteiger partial charge >= 0.3 is 5.97 Å². The van der Waals surface area contributed by atoms with Gasteiger partial charge in [-0.15, -0.1) is 0 Å². The van der Waals surface area contributed by atoms with Gasteiger partial charge in [0.2, 0.25) is 0 Å². The molecule has 0 fully saturated rings. The van der Waals surface area contributed by atoms with Crippen LogP contribution in [0.4, 0.5) is 0 Å². The number of aliphatic hydroxyl groups excluding tert-OH is 2. The Hall–Kier alpha value is -1.59. The molecule has 0 amide bonds. The van der Waals surface area contributed by atoms with Crippen molar-refractivity contribution < 1.29 is 24.5 Å². The number of carbonyl (C=O) groups excluding carboxylic acids is 1. The lowest BCUT2D eigenvalue weighted by Crippen LogP contribution is -2.29. The van der Waals surface area contributed by atoms with E-state index in [0.717, 1.165) is 12.7 Å². The van der Waals surface area contributed by atoms with E-state index in [-0.39, 0.29) is 0 Å². The smallest absolute Gasteiger partial charge is 0.337 e. The molecule has 0 aliphatic carbocycles. The lowest BCUT2D eigenvalue weighted by Gasteiger charge is -2.17. The summed E-state index contributed by atoms with van der Waals surface area (Å²) in [6.07, 6.45) is -2.94. The lowest BCUT2D eigenvalue weighted by molar-refractivity contribution is -0.156. The number of carbonyl (C=O) groups is 1. The fourth-order valence-corrected chi connectivity index (χ4v) is 1.50. The molecule has 1 rings (SSSR count). The van der Waals surface area contributed by atoms with Gasteiger partial charge in [0.15, 0.2) is 6.10 Å². The first-order chi connectivity index (χ1) is 7.99. The average molecular weight is 240 g/mol. The summed E-state index contributed by atoms with van der Waals surface area (Å²) in [6, 6.07) is 5.00. The van der Waals surface area contributed by atoms with Crippen molar-refractivity contribution in [3.63, 3.8) is 0 Å². The number of benzene rings is 1. The molecule has 0 radical (unpaired) electrons. The van der Waals surface area contributed by atoms with Gasteiger partial charge < -0.3 is 19.7 Å². The summed E-state index contributed by atoms with van der Waals surface area (Å²) in [5, 5.41) is 19.4. The van der Waals surface area contributed by atoms with Crippen LogP contribution in [0.3, 0.4) is 0 Å². The first-order valence-electron chi connectivity index (χ1n) is 5.09. The minimum atomic E-state index is -1.61. The fourth-order valence-electron chi connectivity index (χ4n) is 1.50. The highest BCUT2D eigenvalue weighted by Crippen LogP contribution is 2.24. The van der Waals surface area contributed by atoms with Gasteiger partial charge in [0.05, 0.1) is 14.2 Å². The normalized spacial score (nSPS) is 13.9. The number of ether oxygens (including phenoxy) is 2.